The van der Waals surface area contributed by atoms with Gasteiger partial charge in [0.2, 0.25) is 0 Å². The smallest absolute Gasteiger partial charge is 0.282 e. The highest BCUT2D eigenvalue weighted by Crippen LogP contribution is 2.34. The highest BCUT2D eigenvalue weighted by molar-refractivity contribution is 7.13. The van der Waals surface area contributed by atoms with Gasteiger partial charge in [0.25, 0.3) is 5.91 Å². The third kappa shape index (κ3) is 1.61. The summed E-state index contributed by atoms with van der Waals surface area (Å²) >= 11 is 1.60. The van der Waals surface area contributed by atoms with E-state index in [1.54, 1.807) is 11.3 Å². The summed E-state index contributed by atoms with van der Waals surface area (Å²) in [5, 5.41) is 3.01. The molecule has 0 aliphatic heterocycles. The predicted molar refractivity (Wildman–Crippen MR) is 73.3 cm³/mol. The van der Waals surface area contributed by atoms with Crippen LogP contribution in [-0.2, 0) is 0 Å². The largest absolute Gasteiger partial charge is 0.350 e. The van der Waals surface area contributed by atoms with E-state index >= 15 is 0 Å². The molecule has 0 spiro atoms. The average molecular weight is 257 g/mol. The van der Waals surface area contributed by atoms with Crippen LogP contribution in [0.25, 0.3) is 21.3 Å². The van der Waals surface area contributed by atoms with Crippen molar-refractivity contribution in [2.45, 2.75) is 0 Å². The molecule has 5 heteroatoms. The summed E-state index contributed by atoms with van der Waals surface area (Å²) < 4.78 is 0. The van der Waals surface area contributed by atoms with Crippen LogP contribution in [0, 0.1) is 0 Å². The number of fused-ring (bicyclic) bond motifs is 1. The van der Waals surface area contributed by atoms with Crippen molar-refractivity contribution in [3.05, 3.63) is 47.5 Å². The molecule has 2 aromatic heterocycles. The third-order valence-corrected chi connectivity index (χ3v) is 3.72. The molecule has 0 saturated heterocycles. The molecule has 0 radical (unpaired) electrons. The topological polar surface area (TPSA) is 70.9 Å². The van der Waals surface area contributed by atoms with E-state index in [9.17, 15) is 4.79 Å². The van der Waals surface area contributed by atoms with E-state index in [-0.39, 0.29) is 5.91 Å². The van der Waals surface area contributed by atoms with Crippen molar-refractivity contribution < 1.29 is 4.79 Å². The van der Waals surface area contributed by atoms with Crippen LogP contribution in [0.4, 0.5) is 0 Å². The Balaban J connectivity index is 2.35. The highest BCUT2D eigenvalue weighted by atomic mass is 32.1. The van der Waals surface area contributed by atoms with E-state index in [4.69, 9.17) is 5.84 Å². The summed E-state index contributed by atoms with van der Waals surface area (Å²) in [5.74, 6) is 4.92. The fourth-order valence-electron chi connectivity index (χ4n) is 2.06. The molecular weight excluding hydrogens is 246 g/mol. The second-order valence-corrected chi connectivity index (χ2v) is 4.82. The molecule has 0 fully saturated rings. The molecule has 1 amide bonds. The van der Waals surface area contributed by atoms with Gasteiger partial charge in [-0.2, -0.15) is 0 Å². The summed E-state index contributed by atoms with van der Waals surface area (Å²) in [4.78, 5) is 16.0. The van der Waals surface area contributed by atoms with Gasteiger partial charge in [0.15, 0.2) is 0 Å². The number of benzene rings is 1. The summed E-state index contributed by atoms with van der Waals surface area (Å²) in [6.45, 7) is 0. The second kappa shape index (κ2) is 4.29. The summed E-state index contributed by atoms with van der Waals surface area (Å²) in [7, 11) is 0. The minimum Gasteiger partial charge on any atom is -0.350 e. The molecule has 0 saturated carbocycles. The van der Waals surface area contributed by atoms with Crippen LogP contribution in [0.5, 0.6) is 0 Å². The molecule has 4 nitrogen and oxygen atoms in total. The number of amides is 1. The molecular formula is C13H11N3OS. The molecule has 3 rings (SSSR count). The van der Waals surface area contributed by atoms with E-state index in [0.717, 1.165) is 21.3 Å². The summed E-state index contributed by atoms with van der Waals surface area (Å²) in [6, 6.07) is 11.8. The molecule has 0 unspecified atom stereocenters. The Hall–Kier alpha value is -2.11. The number of thiophene rings is 1. The van der Waals surface area contributed by atoms with Crippen LogP contribution >= 0.6 is 11.3 Å². The fraction of sp³-hybridized carbons (Fsp3) is 0. The third-order valence-electron chi connectivity index (χ3n) is 2.83. The molecule has 0 bridgehead atoms. The Labute approximate surface area is 107 Å². The number of nitrogen functional groups attached to an aromatic ring is 1. The monoisotopic (exact) mass is 257 g/mol. The van der Waals surface area contributed by atoms with E-state index < -0.39 is 0 Å². The fourth-order valence-corrected chi connectivity index (χ4v) is 2.85. The van der Waals surface area contributed by atoms with Gasteiger partial charge < -0.3 is 4.98 Å². The van der Waals surface area contributed by atoms with Crippen LogP contribution < -0.4 is 11.3 Å². The Morgan fingerprint density at radius 3 is 2.78 bits per heavy atom. The van der Waals surface area contributed by atoms with Crippen LogP contribution in [0.1, 0.15) is 10.5 Å². The minimum atomic E-state index is -0.311. The number of aromatic amines is 1. The number of aromatic nitrogens is 1. The molecule has 4 N–H and O–H groups in total. The maximum atomic E-state index is 11.8. The van der Waals surface area contributed by atoms with Gasteiger partial charge in [0, 0.05) is 21.3 Å². The number of hydrogen-bond donors (Lipinski definition) is 3. The first-order chi connectivity index (χ1) is 8.81. The molecule has 18 heavy (non-hydrogen) atoms. The van der Waals surface area contributed by atoms with Crippen molar-refractivity contribution in [2.24, 2.45) is 5.84 Å². The van der Waals surface area contributed by atoms with Crippen molar-refractivity contribution in [1.82, 2.24) is 10.4 Å². The number of para-hydroxylation sites is 1. The summed E-state index contributed by atoms with van der Waals surface area (Å²) in [5.41, 5.74) is 4.52. The Bertz CT molecular complexity index is 700. The standard InChI is InChI=1S/C13H11N3OS/c14-16-13(17)12-11(10-6-3-7-18-10)8-4-1-2-5-9(8)15-12/h1-7,15H,14H2,(H,16,17). The number of hydrazine groups is 1. The zero-order valence-corrected chi connectivity index (χ0v) is 10.3. The van der Waals surface area contributed by atoms with Gasteiger partial charge in [-0.15, -0.1) is 11.3 Å². The van der Waals surface area contributed by atoms with Gasteiger partial charge in [0.1, 0.15) is 5.69 Å². The van der Waals surface area contributed by atoms with E-state index in [1.165, 1.54) is 0 Å². The van der Waals surface area contributed by atoms with Gasteiger partial charge in [-0.1, -0.05) is 24.3 Å². The molecule has 90 valence electrons. The molecule has 0 aliphatic rings. The first kappa shape index (κ1) is 11.0. The lowest BCUT2D eigenvalue weighted by molar-refractivity contribution is 0.0950. The molecule has 1 aromatic carbocycles. The van der Waals surface area contributed by atoms with Crippen molar-refractivity contribution in [3.63, 3.8) is 0 Å². The number of rotatable bonds is 2. The van der Waals surface area contributed by atoms with Gasteiger partial charge in [-0.25, -0.2) is 5.84 Å². The number of carbonyl (C=O) groups excluding carboxylic acids is 1. The van der Waals surface area contributed by atoms with Crippen LogP contribution in [0.2, 0.25) is 0 Å². The lowest BCUT2D eigenvalue weighted by atomic mass is 10.1. The Morgan fingerprint density at radius 2 is 2.06 bits per heavy atom. The van der Waals surface area contributed by atoms with Gasteiger partial charge >= 0.3 is 0 Å². The van der Waals surface area contributed by atoms with Crippen molar-refractivity contribution >= 4 is 28.1 Å². The first-order valence-electron chi connectivity index (χ1n) is 5.47. The van der Waals surface area contributed by atoms with Gasteiger partial charge in [0.05, 0.1) is 0 Å². The maximum absolute atomic E-state index is 11.8. The molecule has 0 aliphatic carbocycles. The molecule has 0 atom stereocenters. The van der Waals surface area contributed by atoms with Gasteiger partial charge in [-0.3, -0.25) is 10.2 Å². The van der Waals surface area contributed by atoms with Crippen molar-refractivity contribution in [2.75, 3.05) is 0 Å². The molecule has 2 heterocycles. The van der Waals surface area contributed by atoms with E-state index in [2.05, 4.69) is 10.4 Å². The van der Waals surface area contributed by atoms with Crippen molar-refractivity contribution in [1.29, 1.82) is 0 Å². The Kier molecular flexibility index (Phi) is 2.62. The van der Waals surface area contributed by atoms with E-state index in [0.29, 0.717) is 5.69 Å². The molecule has 3 aromatic rings. The van der Waals surface area contributed by atoms with Crippen molar-refractivity contribution in [3.8, 4) is 10.4 Å². The normalized spacial score (nSPS) is 10.7. The number of carbonyl (C=O) groups is 1. The van der Waals surface area contributed by atoms with Crippen LogP contribution in [0.3, 0.4) is 0 Å². The summed E-state index contributed by atoms with van der Waals surface area (Å²) in [6.07, 6.45) is 0. The average Bonchev–Trinajstić information content (AvgIpc) is 3.03. The number of nitrogens with two attached hydrogens (primary N) is 1. The van der Waals surface area contributed by atoms with E-state index in [1.807, 2.05) is 41.8 Å². The predicted octanol–water partition coefficient (Wildman–Crippen LogP) is 2.50. The Morgan fingerprint density at radius 1 is 1.22 bits per heavy atom. The number of H-pyrrole nitrogens is 1. The van der Waals surface area contributed by atoms with Gasteiger partial charge in [-0.05, 0) is 17.5 Å². The minimum absolute atomic E-state index is 0.311. The number of hydrogen-bond acceptors (Lipinski definition) is 3. The lowest BCUT2D eigenvalue weighted by Crippen LogP contribution is -2.30. The second-order valence-electron chi connectivity index (χ2n) is 3.87. The van der Waals surface area contributed by atoms with Crippen LogP contribution in [-0.4, -0.2) is 10.9 Å². The van der Waals surface area contributed by atoms with Crippen LogP contribution in [0.15, 0.2) is 41.8 Å². The lowest BCUT2D eigenvalue weighted by Gasteiger charge is -2.00. The first-order valence-corrected chi connectivity index (χ1v) is 6.34. The maximum Gasteiger partial charge on any atom is 0.282 e. The SMILES string of the molecule is NNC(=O)c1[nH]c2ccccc2c1-c1cccs1. The zero-order valence-electron chi connectivity index (χ0n) is 9.44. The highest BCUT2D eigenvalue weighted by Gasteiger charge is 2.18. The quantitative estimate of drug-likeness (QED) is 0.375. The number of nitrogens with one attached hydrogen (secondary N) is 2. The zero-order chi connectivity index (χ0) is 12.5.